The summed E-state index contributed by atoms with van der Waals surface area (Å²) in [5, 5.41) is 0. The molecule has 0 aromatic heterocycles. The number of carbonyl (C=O) groups excluding carboxylic acids is 2. The van der Waals surface area contributed by atoms with E-state index in [1.807, 2.05) is 50.3 Å². The zero-order valence-corrected chi connectivity index (χ0v) is 13.2. The van der Waals surface area contributed by atoms with Crippen LogP contribution in [0.5, 0.6) is 0 Å². The van der Waals surface area contributed by atoms with E-state index in [9.17, 15) is 9.59 Å². The topological polar surface area (TPSA) is 59.1 Å². The fourth-order valence-electron chi connectivity index (χ4n) is 3.97. The van der Waals surface area contributed by atoms with E-state index in [0.717, 1.165) is 5.57 Å². The molecule has 2 saturated heterocycles. The molecule has 120 valence electrons. The Kier molecular flexibility index (Phi) is 2.84. The SMILES string of the molecule is CO[C@H]1C(=O)N2[C@@H]1C(C)=C[C@]1(C)OC(=O)N(c3ccccc3)[C@H]21. The summed E-state index contributed by atoms with van der Waals surface area (Å²) in [7, 11) is 1.53. The Morgan fingerprint density at radius 1 is 1.22 bits per heavy atom. The van der Waals surface area contributed by atoms with Crippen LogP contribution in [0, 0.1) is 0 Å². The van der Waals surface area contributed by atoms with E-state index in [2.05, 4.69) is 0 Å². The summed E-state index contributed by atoms with van der Waals surface area (Å²) in [6.07, 6.45) is 0.522. The summed E-state index contributed by atoms with van der Waals surface area (Å²) in [6.45, 7) is 3.78. The molecule has 0 saturated carbocycles. The molecule has 3 heterocycles. The first-order valence-corrected chi connectivity index (χ1v) is 7.59. The Bertz CT molecular complexity index is 717. The van der Waals surface area contributed by atoms with E-state index in [0.29, 0.717) is 5.69 Å². The second-order valence-corrected chi connectivity index (χ2v) is 6.37. The number of hydrogen-bond donors (Lipinski definition) is 0. The molecule has 0 spiro atoms. The van der Waals surface area contributed by atoms with Crippen molar-refractivity contribution >= 4 is 17.7 Å². The van der Waals surface area contributed by atoms with Gasteiger partial charge >= 0.3 is 6.09 Å². The van der Waals surface area contributed by atoms with Crippen molar-refractivity contribution in [3.05, 3.63) is 42.0 Å². The van der Waals surface area contributed by atoms with Crippen molar-refractivity contribution in [1.82, 2.24) is 4.90 Å². The van der Waals surface area contributed by atoms with E-state index in [1.165, 1.54) is 7.11 Å². The van der Waals surface area contributed by atoms with Gasteiger partial charge in [-0.15, -0.1) is 0 Å². The summed E-state index contributed by atoms with van der Waals surface area (Å²) in [6, 6.07) is 9.13. The van der Waals surface area contributed by atoms with Gasteiger partial charge < -0.3 is 14.4 Å². The van der Waals surface area contributed by atoms with Gasteiger partial charge in [0.05, 0.1) is 6.04 Å². The highest BCUT2D eigenvalue weighted by molar-refractivity contribution is 5.97. The number of benzene rings is 1. The van der Waals surface area contributed by atoms with Crippen molar-refractivity contribution in [2.45, 2.75) is 37.8 Å². The Hall–Kier alpha value is -2.34. The van der Waals surface area contributed by atoms with Gasteiger partial charge in [-0.2, -0.15) is 0 Å². The second kappa shape index (κ2) is 4.58. The molecule has 1 aromatic rings. The lowest BCUT2D eigenvalue weighted by molar-refractivity contribution is -0.178. The maximum atomic E-state index is 12.5. The van der Waals surface area contributed by atoms with Gasteiger partial charge in [-0.05, 0) is 37.6 Å². The number of para-hydroxylation sites is 1. The van der Waals surface area contributed by atoms with Gasteiger partial charge in [-0.1, -0.05) is 18.2 Å². The van der Waals surface area contributed by atoms with Crippen LogP contribution in [0.4, 0.5) is 10.5 Å². The van der Waals surface area contributed by atoms with Crippen LogP contribution in [-0.4, -0.2) is 47.9 Å². The van der Waals surface area contributed by atoms with Crippen molar-refractivity contribution < 1.29 is 19.1 Å². The molecule has 6 heteroatoms. The van der Waals surface area contributed by atoms with Crippen molar-refractivity contribution in [1.29, 1.82) is 0 Å². The largest absolute Gasteiger partial charge is 0.434 e. The van der Waals surface area contributed by atoms with Crippen LogP contribution in [-0.2, 0) is 14.3 Å². The Balaban J connectivity index is 1.82. The first kappa shape index (κ1) is 14.3. The molecule has 3 aliphatic heterocycles. The number of nitrogens with zero attached hydrogens (tertiary/aromatic N) is 2. The molecule has 0 bridgehead atoms. The molecule has 4 rings (SSSR count). The Morgan fingerprint density at radius 2 is 1.91 bits per heavy atom. The molecule has 0 aliphatic carbocycles. The number of amides is 2. The highest BCUT2D eigenvalue weighted by atomic mass is 16.6. The standard InChI is InChI=1S/C17H18N2O4/c1-10-9-17(2)15(19-12(10)13(22-3)14(19)20)18(16(21)23-17)11-7-5-4-6-8-11/h4-9,12-13,15H,1-3H3/t12-,13-,15-,17+/m1/s1. The maximum absolute atomic E-state index is 12.5. The van der Waals surface area contributed by atoms with Crippen molar-refractivity contribution in [3.8, 4) is 0 Å². The number of β-lactam (4-membered cyclic amide) rings is 1. The van der Waals surface area contributed by atoms with Crippen molar-refractivity contribution in [3.63, 3.8) is 0 Å². The molecule has 2 fully saturated rings. The first-order valence-electron chi connectivity index (χ1n) is 7.59. The van der Waals surface area contributed by atoms with E-state index in [4.69, 9.17) is 9.47 Å². The van der Waals surface area contributed by atoms with Gasteiger partial charge in [0.1, 0.15) is 0 Å². The third-order valence-corrected chi connectivity index (χ3v) is 4.88. The average Bonchev–Trinajstić information content (AvgIpc) is 2.76. The lowest BCUT2D eigenvalue weighted by atomic mass is 9.80. The number of rotatable bonds is 2. The van der Waals surface area contributed by atoms with Gasteiger partial charge in [0.15, 0.2) is 17.9 Å². The zero-order valence-electron chi connectivity index (χ0n) is 13.2. The molecule has 0 N–H and O–H groups in total. The molecule has 2 amide bonds. The molecule has 6 nitrogen and oxygen atoms in total. The monoisotopic (exact) mass is 314 g/mol. The number of hydrogen-bond acceptors (Lipinski definition) is 4. The molecule has 23 heavy (non-hydrogen) atoms. The zero-order chi connectivity index (χ0) is 16.4. The highest BCUT2D eigenvalue weighted by Gasteiger charge is 2.65. The molecule has 3 aliphatic rings. The molecular weight excluding hydrogens is 296 g/mol. The van der Waals surface area contributed by atoms with Gasteiger partial charge in [-0.25, -0.2) is 4.79 Å². The quantitative estimate of drug-likeness (QED) is 0.618. The van der Waals surface area contributed by atoms with E-state index in [1.54, 1.807) is 9.80 Å². The summed E-state index contributed by atoms with van der Waals surface area (Å²) in [4.78, 5) is 28.3. The Morgan fingerprint density at radius 3 is 2.57 bits per heavy atom. The summed E-state index contributed by atoms with van der Waals surface area (Å²) >= 11 is 0. The highest BCUT2D eigenvalue weighted by Crippen LogP contribution is 2.47. The number of carbonyl (C=O) groups is 2. The number of fused-ring (bicyclic) bond motifs is 3. The van der Waals surface area contributed by atoms with E-state index < -0.39 is 24.0 Å². The third-order valence-electron chi connectivity index (χ3n) is 4.88. The van der Waals surface area contributed by atoms with Crippen LogP contribution < -0.4 is 4.90 Å². The molecule has 0 radical (unpaired) electrons. The van der Waals surface area contributed by atoms with Crippen molar-refractivity contribution in [2.75, 3.05) is 12.0 Å². The van der Waals surface area contributed by atoms with Gasteiger partial charge in [0.2, 0.25) is 0 Å². The minimum atomic E-state index is -0.859. The van der Waals surface area contributed by atoms with Crippen LogP contribution >= 0.6 is 0 Å². The maximum Gasteiger partial charge on any atom is 0.417 e. The molecule has 4 atom stereocenters. The fourth-order valence-corrected chi connectivity index (χ4v) is 3.97. The first-order chi connectivity index (χ1) is 11.0. The molecular formula is C17H18N2O4. The summed E-state index contributed by atoms with van der Waals surface area (Å²) in [5.41, 5.74) is 0.839. The number of anilines is 1. The average molecular weight is 314 g/mol. The predicted octanol–water partition coefficient (Wildman–Crippen LogP) is 1.91. The number of methoxy groups -OCH3 is 1. The minimum absolute atomic E-state index is 0.111. The summed E-state index contributed by atoms with van der Waals surface area (Å²) < 4.78 is 10.9. The summed E-state index contributed by atoms with van der Waals surface area (Å²) in [5.74, 6) is -0.111. The fraction of sp³-hybridized carbons (Fsp3) is 0.412. The van der Waals surface area contributed by atoms with Crippen LogP contribution in [0.15, 0.2) is 42.0 Å². The van der Waals surface area contributed by atoms with Crippen LogP contribution in [0.3, 0.4) is 0 Å². The van der Waals surface area contributed by atoms with Crippen molar-refractivity contribution in [2.24, 2.45) is 0 Å². The number of ether oxygens (including phenoxy) is 2. The third kappa shape index (κ3) is 1.72. The van der Waals surface area contributed by atoms with Crippen LogP contribution in [0.1, 0.15) is 13.8 Å². The second-order valence-electron chi connectivity index (χ2n) is 6.37. The lowest BCUT2D eigenvalue weighted by Gasteiger charge is -2.55. The van der Waals surface area contributed by atoms with Gasteiger partial charge in [-0.3, -0.25) is 9.69 Å². The Labute approximate surface area is 134 Å². The molecule has 0 unspecified atom stereocenters. The smallest absolute Gasteiger partial charge is 0.417 e. The molecule has 1 aromatic carbocycles. The normalized spacial score (nSPS) is 35.3. The van der Waals surface area contributed by atoms with E-state index >= 15 is 0 Å². The lowest BCUT2D eigenvalue weighted by Crippen LogP contribution is -2.76. The minimum Gasteiger partial charge on any atom is -0.434 e. The van der Waals surface area contributed by atoms with Gasteiger partial charge in [0.25, 0.3) is 5.91 Å². The van der Waals surface area contributed by atoms with Gasteiger partial charge in [0, 0.05) is 12.8 Å². The van der Waals surface area contributed by atoms with E-state index in [-0.39, 0.29) is 11.9 Å². The van der Waals surface area contributed by atoms with Crippen LogP contribution in [0.25, 0.3) is 0 Å². The predicted molar refractivity (Wildman–Crippen MR) is 82.8 cm³/mol. The van der Waals surface area contributed by atoms with Crippen LogP contribution in [0.2, 0.25) is 0 Å².